The van der Waals surface area contributed by atoms with Crippen molar-refractivity contribution in [3.05, 3.63) is 228 Å². The monoisotopic (exact) mass is 826 g/mol. The van der Waals surface area contributed by atoms with Crippen LogP contribution in [0.5, 0.6) is 0 Å². The van der Waals surface area contributed by atoms with Gasteiger partial charge in [0.15, 0.2) is 11.6 Å². The molecule has 62 heavy (non-hydrogen) atoms. The lowest BCUT2D eigenvalue weighted by Gasteiger charge is -2.42. The van der Waals surface area contributed by atoms with Crippen LogP contribution in [-0.4, -0.2) is 19.9 Å². The molecule has 4 nitrogen and oxygen atoms in total. The van der Waals surface area contributed by atoms with Crippen LogP contribution in [0.1, 0.15) is 45.2 Å². The zero-order valence-electron chi connectivity index (χ0n) is 33.2. The van der Waals surface area contributed by atoms with Gasteiger partial charge >= 0.3 is 0 Å². The first-order valence-corrected chi connectivity index (χ1v) is 22.6. The van der Waals surface area contributed by atoms with Gasteiger partial charge in [-0.25, -0.2) is 19.9 Å². The molecule has 0 aliphatic heterocycles. The lowest BCUT2D eigenvalue weighted by Crippen LogP contribution is -2.27. The standard InChI is InChI=1S/C56H34N4S2/c1-3-13-33(14-4-1)45-31-47(51-29-35-17-7-11-21-49(35)61-51)59-55(57-45)37-23-25-41-43(27-37)53-39-19-9-10-20-40(39)54(41)44-28-38(24-26-42(44)53)56-58-46(34-15-5-2-6-16-34)32-48(60-56)52-30-36-18-8-12-22-50(36)62-52/h1-32,53-54H. The first-order valence-electron chi connectivity index (χ1n) is 20.9. The van der Waals surface area contributed by atoms with Gasteiger partial charge in [0.1, 0.15) is 0 Å². The molecule has 0 N–H and O–H groups in total. The van der Waals surface area contributed by atoms with E-state index in [0.29, 0.717) is 0 Å². The molecule has 4 heterocycles. The third kappa shape index (κ3) is 5.79. The molecule has 0 radical (unpaired) electrons. The van der Waals surface area contributed by atoms with E-state index in [0.717, 1.165) is 66.4 Å². The molecule has 0 saturated carbocycles. The van der Waals surface area contributed by atoms with Crippen molar-refractivity contribution in [3.8, 4) is 66.4 Å². The molecule has 11 aromatic rings. The highest BCUT2D eigenvalue weighted by atomic mass is 32.1. The Labute approximate surface area is 366 Å². The Morgan fingerprint density at radius 3 is 1.13 bits per heavy atom. The van der Waals surface area contributed by atoms with Gasteiger partial charge in [0.25, 0.3) is 0 Å². The van der Waals surface area contributed by atoms with Gasteiger partial charge in [-0.1, -0.05) is 146 Å². The second kappa shape index (κ2) is 14.1. The van der Waals surface area contributed by atoms with E-state index in [4.69, 9.17) is 19.9 Å². The third-order valence-electron chi connectivity index (χ3n) is 12.5. The molecular formula is C56H34N4S2. The quantitative estimate of drug-likeness (QED) is 0.168. The maximum absolute atomic E-state index is 5.30. The van der Waals surface area contributed by atoms with Crippen LogP contribution in [0.4, 0.5) is 0 Å². The predicted octanol–water partition coefficient (Wildman–Crippen LogP) is 14.7. The summed E-state index contributed by atoms with van der Waals surface area (Å²) in [4.78, 5) is 23.4. The largest absolute Gasteiger partial charge is 0.228 e. The topological polar surface area (TPSA) is 51.6 Å². The summed E-state index contributed by atoms with van der Waals surface area (Å²) >= 11 is 3.55. The number of hydrogen-bond acceptors (Lipinski definition) is 6. The highest BCUT2D eigenvalue weighted by molar-refractivity contribution is 7.22. The highest BCUT2D eigenvalue weighted by Crippen LogP contribution is 2.56. The van der Waals surface area contributed by atoms with E-state index in [1.807, 2.05) is 0 Å². The van der Waals surface area contributed by atoms with Crippen molar-refractivity contribution in [3.63, 3.8) is 0 Å². The number of rotatable bonds is 6. The lowest BCUT2D eigenvalue weighted by molar-refractivity contribution is 0.754. The first-order chi connectivity index (χ1) is 30.7. The Morgan fingerprint density at radius 2 is 0.677 bits per heavy atom. The van der Waals surface area contributed by atoms with Gasteiger partial charge in [-0.15, -0.1) is 22.7 Å². The van der Waals surface area contributed by atoms with Crippen molar-refractivity contribution in [1.29, 1.82) is 0 Å². The molecule has 2 atom stereocenters. The molecule has 290 valence electrons. The van der Waals surface area contributed by atoms with E-state index in [1.165, 1.54) is 53.6 Å². The summed E-state index contributed by atoms with van der Waals surface area (Å²) in [6.07, 6.45) is 0. The van der Waals surface area contributed by atoms with Crippen LogP contribution in [0, 0.1) is 0 Å². The van der Waals surface area contributed by atoms with Gasteiger partial charge in [-0.2, -0.15) is 0 Å². The first kappa shape index (κ1) is 35.4. The van der Waals surface area contributed by atoms with Gasteiger partial charge < -0.3 is 0 Å². The SMILES string of the molecule is c1ccc(-c2cc(-c3cc4ccccc4s3)nc(-c3ccc4c(c3)C3c5ccccc5C4c4cc(-c5nc(-c6ccccc6)cc(-c6cc7ccccc7s6)n5)ccc43)n2)cc1. The molecular weight excluding hydrogens is 793 g/mol. The van der Waals surface area contributed by atoms with Crippen LogP contribution >= 0.6 is 22.7 Å². The summed E-state index contributed by atoms with van der Waals surface area (Å²) in [5.41, 5.74) is 15.9. The molecule has 14 rings (SSSR count). The van der Waals surface area contributed by atoms with E-state index >= 15 is 0 Å². The highest BCUT2D eigenvalue weighted by Gasteiger charge is 2.41. The minimum absolute atomic E-state index is 0.0697. The Bertz CT molecular complexity index is 3250. The van der Waals surface area contributed by atoms with Crippen LogP contribution in [0.2, 0.25) is 0 Å². The van der Waals surface area contributed by atoms with Crippen molar-refractivity contribution < 1.29 is 0 Å². The number of thiophene rings is 2. The van der Waals surface area contributed by atoms with Gasteiger partial charge in [-0.05, 0) is 92.7 Å². The van der Waals surface area contributed by atoms with Crippen molar-refractivity contribution in [2.75, 3.05) is 0 Å². The molecule has 0 amide bonds. The van der Waals surface area contributed by atoms with Gasteiger partial charge in [0.2, 0.25) is 0 Å². The fourth-order valence-electron chi connectivity index (χ4n) is 9.63. The fourth-order valence-corrected chi connectivity index (χ4v) is 11.7. The molecule has 3 aliphatic rings. The van der Waals surface area contributed by atoms with E-state index < -0.39 is 0 Å². The molecule has 4 aromatic heterocycles. The smallest absolute Gasteiger partial charge is 0.160 e. The zero-order valence-corrected chi connectivity index (χ0v) is 34.9. The van der Waals surface area contributed by atoms with Gasteiger partial charge in [-0.3, -0.25) is 0 Å². The predicted molar refractivity (Wildman–Crippen MR) is 256 cm³/mol. The van der Waals surface area contributed by atoms with Crippen LogP contribution in [0.15, 0.2) is 194 Å². The molecule has 0 saturated heterocycles. The summed E-state index contributed by atoms with van der Waals surface area (Å²) in [7, 11) is 0. The Kier molecular flexibility index (Phi) is 8.05. The summed E-state index contributed by atoms with van der Waals surface area (Å²) in [5, 5.41) is 2.46. The second-order valence-electron chi connectivity index (χ2n) is 16.1. The van der Waals surface area contributed by atoms with Crippen molar-refractivity contribution in [2.45, 2.75) is 11.8 Å². The van der Waals surface area contributed by atoms with Crippen LogP contribution in [0.3, 0.4) is 0 Å². The molecule has 0 fully saturated rings. The fraction of sp³-hybridized carbons (Fsp3) is 0.0357. The van der Waals surface area contributed by atoms with Crippen molar-refractivity contribution >= 4 is 42.8 Å². The van der Waals surface area contributed by atoms with Gasteiger partial charge in [0, 0.05) is 43.5 Å². The number of nitrogens with zero attached hydrogens (tertiary/aromatic N) is 4. The van der Waals surface area contributed by atoms with E-state index in [-0.39, 0.29) is 11.8 Å². The molecule has 0 spiro atoms. The average molecular weight is 827 g/mol. The Hall–Kier alpha value is -7.38. The zero-order chi connectivity index (χ0) is 40.7. The Morgan fingerprint density at radius 1 is 0.290 bits per heavy atom. The third-order valence-corrected chi connectivity index (χ3v) is 14.8. The van der Waals surface area contributed by atoms with Crippen molar-refractivity contribution in [2.24, 2.45) is 0 Å². The molecule has 6 heteroatoms. The minimum Gasteiger partial charge on any atom is -0.228 e. The second-order valence-corrected chi connectivity index (χ2v) is 18.3. The molecule has 3 aliphatic carbocycles. The molecule has 7 aromatic carbocycles. The minimum atomic E-state index is 0.0697. The molecule has 2 unspecified atom stereocenters. The summed E-state index contributed by atoms with van der Waals surface area (Å²) in [6, 6.07) is 69.6. The van der Waals surface area contributed by atoms with Gasteiger partial charge in [0.05, 0.1) is 32.5 Å². The molecule has 2 bridgehead atoms. The van der Waals surface area contributed by atoms with Crippen LogP contribution in [0.25, 0.3) is 86.6 Å². The lowest BCUT2D eigenvalue weighted by atomic mass is 9.61. The average Bonchev–Trinajstić information content (AvgIpc) is 3.99. The number of hydrogen-bond donors (Lipinski definition) is 0. The van der Waals surface area contributed by atoms with E-state index in [1.54, 1.807) is 22.7 Å². The van der Waals surface area contributed by atoms with E-state index in [9.17, 15) is 0 Å². The van der Waals surface area contributed by atoms with Crippen LogP contribution in [-0.2, 0) is 0 Å². The maximum atomic E-state index is 5.30. The summed E-state index contributed by atoms with van der Waals surface area (Å²) in [5.74, 6) is 1.61. The normalized spacial score (nSPS) is 14.8. The van der Waals surface area contributed by atoms with E-state index in [2.05, 4.69) is 194 Å². The number of benzene rings is 7. The summed E-state index contributed by atoms with van der Waals surface area (Å²) in [6.45, 7) is 0. The van der Waals surface area contributed by atoms with Crippen molar-refractivity contribution in [1.82, 2.24) is 19.9 Å². The Balaban J connectivity index is 0.942. The number of aromatic nitrogens is 4. The number of fused-ring (bicyclic) bond motifs is 2. The van der Waals surface area contributed by atoms with Crippen LogP contribution < -0.4 is 0 Å². The maximum Gasteiger partial charge on any atom is 0.160 e. The summed E-state index contributed by atoms with van der Waals surface area (Å²) < 4.78 is 2.50.